The van der Waals surface area contributed by atoms with Crippen molar-refractivity contribution in [3.8, 4) is 0 Å². The Bertz CT molecular complexity index is 172. The minimum absolute atomic E-state index is 0.773. The summed E-state index contributed by atoms with van der Waals surface area (Å²) in [4.78, 5) is 2.65. The van der Waals surface area contributed by atoms with Crippen molar-refractivity contribution in [3.05, 3.63) is 0 Å². The highest BCUT2D eigenvalue weighted by Crippen LogP contribution is 2.27. The number of fused-ring (bicyclic) bond motifs is 1. The van der Waals surface area contributed by atoms with Crippen LogP contribution in [0.2, 0.25) is 0 Å². The van der Waals surface area contributed by atoms with Crippen LogP contribution in [0.3, 0.4) is 0 Å². The number of nitrogens with zero attached hydrogens (tertiary/aromatic N) is 1. The first-order valence-electron chi connectivity index (χ1n) is 6.09. The van der Waals surface area contributed by atoms with Crippen LogP contribution in [0.4, 0.5) is 0 Å². The summed E-state index contributed by atoms with van der Waals surface area (Å²) in [5.74, 6) is 0. The van der Waals surface area contributed by atoms with E-state index in [2.05, 4.69) is 10.2 Å². The van der Waals surface area contributed by atoms with E-state index in [0.717, 1.165) is 31.6 Å². The molecule has 2 rings (SSSR count). The quantitative estimate of drug-likeness (QED) is 0.633. The first kappa shape index (κ1) is 10.4. The molecule has 82 valence electrons. The molecule has 14 heavy (non-hydrogen) atoms. The molecular weight excluding hydrogens is 174 g/mol. The molecule has 0 aromatic rings. The first-order chi connectivity index (χ1) is 6.92. The smallest absolute Gasteiger partial charge is 0.0250 e. The average molecular weight is 197 g/mol. The molecule has 3 N–H and O–H groups in total. The van der Waals surface area contributed by atoms with Gasteiger partial charge in [-0.15, -0.1) is 0 Å². The normalized spacial score (nSPS) is 32.4. The summed E-state index contributed by atoms with van der Waals surface area (Å²) in [6.07, 6.45) is 6.57. The van der Waals surface area contributed by atoms with Gasteiger partial charge < -0.3 is 11.1 Å². The summed E-state index contributed by atoms with van der Waals surface area (Å²) in [7, 11) is 0. The molecule has 0 amide bonds. The molecular formula is C11H23N3. The molecule has 3 nitrogen and oxygen atoms in total. The van der Waals surface area contributed by atoms with Crippen LogP contribution >= 0.6 is 0 Å². The molecule has 2 unspecified atom stereocenters. The maximum absolute atomic E-state index is 5.47. The van der Waals surface area contributed by atoms with Crippen LogP contribution < -0.4 is 11.1 Å². The number of rotatable bonds is 5. The minimum atomic E-state index is 0.773. The van der Waals surface area contributed by atoms with Crippen LogP contribution in [0.1, 0.15) is 32.1 Å². The Kier molecular flexibility index (Phi) is 3.79. The zero-order valence-corrected chi connectivity index (χ0v) is 9.04. The molecule has 2 aliphatic heterocycles. The van der Waals surface area contributed by atoms with Gasteiger partial charge in [-0.25, -0.2) is 0 Å². The van der Waals surface area contributed by atoms with Crippen molar-refractivity contribution in [2.45, 2.75) is 44.2 Å². The predicted molar refractivity (Wildman–Crippen MR) is 59.3 cm³/mol. The Balaban J connectivity index is 1.66. The fourth-order valence-electron chi connectivity index (χ4n) is 2.88. The van der Waals surface area contributed by atoms with Gasteiger partial charge in [0.2, 0.25) is 0 Å². The largest absolute Gasteiger partial charge is 0.330 e. The van der Waals surface area contributed by atoms with Gasteiger partial charge in [0.15, 0.2) is 0 Å². The van der Waals surface area contributed by atoms with Crippen molar-refractivity contribution in [1.82, 2.24) is 10.2 Å². The lowest BCUT2D eigenvalue weighted by molar-refractivity contribution is 0.298. The van der Waals surface area contributed by atoms with E-state index in [1.165, 1.54) is 38.8 Å². The van der Waals surface area contributed by atoms with Crippen molar-refractivity contribution >= 4 is 0 Å². The van der Waals surface area contributed by atoms with Crippen LogP contribution in [-0.4, -0.2) is 43.2 Å². The topological polar surface area (TPSA) is 41.3 Å². The lowest BCUT2D eigenvalue weighted by atomic mass is 10.1. The van der Waals surface area contributed by atoms with Crippen molar-refractivity contribution in [1.29, 1.82) is 0 Å². The second-order valence-corrected chi connectivity index (χ2v) is 4.59. The van der Waals surface area contributed by atoms with Crippen molar-refractivity contribution in [3.63, 3.8) is 0 Å². The molecule has 0 aromatic carbocycles. The second-order valence-electron chi connectivity index (χ2n) is 4.59. The molecule has 0 bridgehead atoms. The van der Waals surface area contributed by atoms with Crippen molar-refractivity contribution in [2.75, 3.05) is 26.2 Å². The highest BCUT2D eigenvalue weighted by atomic mass is 15.2. The van der Waals surface area contributed by atoms with Gasteiger partial charge in [-0.05, 0) is 51.7 Å². The summed E-state index contributed by atoms with van der Waals surface area (Å²) in [6.45, 7) is 4.65. The Labute approximate surface area is 87.0 Å². The minimum Gasteiger partial charge on any atom is -0.330 e. The lowest BCUT2D eigenvalue weighted by Crippen LogP contribution is -2.39. The molecule has 0 spiro atoms. The number of nitrogens with two attached hydrogens (primary N) is 1. The Morgan fingerprint density at radius 2 is 2.14 bits per heavy atom. The molecule has 2 atom stereocenters. The fourth-order valence-corrected chi connectivity index (χ4v) is 2.88. The summed E-state index contributed by atoms with van der Waals surface area (Å²) in [5, 5.41) is 3.69. The van der Waals surface area contributed by atoms with E-state index in [0.29, 0.717) is 0 Å². The molecule has 2 saturated heterocycles. The van der Waals surface area contributed by atoms with Crippen LogP contribution in [0.25, 0.3) is 0 Å². The zero-order valence-electron chi connectivity index (χ0n) is 9.04. The first-order valence-corrected chi connectivity index (χ1v) is 6.09. The van der Waals surface area contributed by atoms with Gasteiger partial charge in [-0.1, -0.05) is 0 Å². The third-order valence-corrected chi connectivity index (χ3v) is 3.64. The molecule has 0 aliphatic carbocycles. The molecule has 0 aromatic heterocycles. The van der Waals surface area contributed by atoms with Crippen molar-refractivity contribution in [2.24, 2.45) is 5.73 Å². The summed E-state index contributed by atoms with van der Waals surface area (Å²) in [5.41, 5.74) is 5.47. The van der Waals surface area contributed by atoms with E-state index in [1.807, 2.05) is 0 Å². The van der Waals surface area contributed by atoms with Gasteiger partial charge in [0, 0.05) is 18.6 Å². The summed E-state index contributed by atoms with van der Waals surface area (Å²) in [6, 6.07) is 1.63. The van der Waals surface area contributed by atoms with Gasteiger partial charge in [0.1, 0.15) is 0 Å². The Hall–Kier alpha value is -0.120. The van der Waals surface area contributed by atoms with Crippen LogP contribution in [0.15, 0.2) is 0 Å². The maximum Gasteiger partial charge on any atom is 0.0250 e. The van der Waals surface area contributed by atoms with E-state index in [1.54, 1.807) is 0 Å². The SMILES string of the molecule is NCCCCNC1CCN2CCCC12. The number of hydrogen-bond donors (Lipinski definition) is 2. The third-order valence-electron chi connectivity index (χ3n) is 3.64. The maximum atomic E-state index is 5.47. The van der Waals surface area contributed by atoms with E-state index in [4.69, 9.17) is 5.73 Å². The van der Waals surface area contributed by atoms with E-state index in [9.17, 15) is 0 Å². The van der Waals surface area contributed by atoms with Crippen molar-refractivity contribution < 1.29 is 0 Å². The van der Waals surface area contributed by atoms with Gasteiger partial charge in [-0.3, -0.25) is 4.90 Å². The van der Waals surface area contributed by atoms with Gasteiger partial charge in [0.25, 0.3) is 0 Å². The monoisotopic (exact) mass is 197 g/mol. The molecule has 0 saturated carbocycles. The Morgan fingerprint density at radius 3 is 3.00 bits per heavy atom. The van der Waals surface area contributed by atoms with Crippen LogP contribution in [0.5, 0.6) is 0 Å². The predicted octanol–water partition coefficient (Wildman–Crippen LogP) is 0.552. The average Bonchev–Trinajstić information content (AvgIpc) is 2.75. The molecule has 2 aliphatic rings. The molecule has 3 heteroatoms. The van der Waals surface area contributed by atoms with E-state index in [-0.39, 0.29) is 0 Å². The molecule has 2 fully saturated rings. The number of hydrogen-bond acceptors (Lipinski definition) is 3. The third kappa shape index (κ3) is 2.27. The summed E-state index contributed by atoms with van der Waals surface area (Å²) >= 11 is 0. The van der Waals surface area contributed by atoms with E-state index >= 15 is 0 Å². The van der Waals surface area contributed by atoms with E-state index < -0.39 is 0 Å². The number of nitrogens with one attached hydrogen (secondary N) is 1. The zero-order chi connectivity index (χ0) is 9.80. The molecule has 2 heterocycles. The van der Waals surface area contributed by atoms with Crippen LogP contribution in [-0.2, 0) is 0 Å². The standard InChI is InChI=1S/C11H23N3/c12-6-1-2-7-13-10-5-9-14-8-3-4-11(10)14/h10-11,13H,1-9,12H2. The number of unbranched alkanes of at least 4 members (excludes halogenated alkanes) is 1. The lowest BCUT2D eigenvalue weighted by Gasteiger charge is -2.21. The van der Waals surface area contributed by atoms with Gasteiger partial charge >= 0.3 is 0 Å². The van der Waals surface area contributed by atoms with Gasteiger partial charge in [-0.2, -0.15) is 0 Å². The molecule has 0 radical (unpaired) electrons. The summed E-state index contributed by atoms with van der Waals surface area (Å²) < 4.78 is 0. The fraction of sp³-hybridized carbons (Fsp3) is 1.00. The highest BCUT2D eigenvalue weighted by molar-refractivity contribution is 4.95. The van der Waals surface area contributed by atoms with Gasteiger partial charge in [0.05, 0.1) is 0 Å². The second kappa shape index (κ2) is 5.10. The Morgan fingerprint density at radius 1 is 1.21 bits per heavy atom. The van der Waals surface area contributed by atoms with Crippen LogP contribution in [0, 0.1) is 0 Å². The highest BCUT2D eigenvalue weighted by Gasteiger charge is 2.36.